The second-order valence-electron chi connectivity index (χ2n) is 6.20. The van der Waals surface area contributed by atoms with Crippen LogP contribution in [-0.2, 0) is 25.7 Å². The number of oxazole rings is 1. The maximum atomic E-state index is 12.3. The summed E-state index contributed by atoms with van der Waals surface area (Å²) in [5.41, 5.74) is 0.471. The van der Waals surface area contributed by atoms with Gasteiger partial charge in [0.1, 0.15) is 25.1 Å². The van der Waals surface area contributed by atoms with Crippen molar-refractivity contribution in [3.05, 3.63) is 41.6 Å². The lowest BCUT2D eigenvalue weighted by atomic mass is 9.85. The number of carbonyl (C=O) groups excluding carboxylic acids is 3. The third-order valence-electron chi connectivity index (χ3n) is 4.55. The van der Waals surface area contributed by atoms with Crippen LogP contribution < -0.4 is 0 Å². The minimum Gasteiger partial charge on any atom is -0.458 e. The number of imide groups is 1. The fraction of sp³-hybridized carbons (Fsp3) is 0.333. The minimum absolute atomic E-state index is 0.0711. The molecule has 0 saturated carbocycles. The maximum absolute atomic E-state index is 12.3. The Morgan fingerprint density at radius 3 is 2.65 bits per heavy atom. The fourth-order valence-electron chi connectivity index (χ4n) is 3.24. The molecule has 7 nitrogen and oxygen atoms in total. The number of ether oxygens (including phenoxy) is 1. The first-order chi connectivity index (χ1) is 12.6. The largest absolute Gasteiger partial charge is 0.458 e. The molecule has 1 saturated heterocycles. The smallest absolute Gasteiger partial charge is 0.326 e. The van der Waals surface area contributed by atoms with Gasteiger partial charge in [0.15, 0.2) is 0 Å². The lowest BCUT2D eigenvalue weighted by Gasteiger charge is -2.14. The number of carbonyl (C=O) groups is 3. The first kappa shape index (κ1) is 16.7. The molecule has 0 radical (unpaired) electrons. The van der Waals surface area contributed by atoms with Gasteiger partial charge in [-0.05, 0) is 24.3 Å². The van der Waals surface area contributed by atoms with E-state index >= 15 is 0 Å². The van der Waals surface area contributed by atoms with E-state index in [4.69, 9.17) is 9.15 Å². The molecule has 0 N–H and O–H groups in total. The second kappa shape index (κ2) is 6.87. The molecular formula is C18H16N2O5S. The van der Waals surface area contributed by atoms with Gasteiger partial charge < -0.3 is 9.15 Å². The molecule has 2 aliphatic rings. The molecule has 8 heteroatoms. The van der Waals surface area contributed by atoms with Gasteiger partial charge >= 0.3 is 5.97 Å². The highest BCUT2D eigenvalue weighted by atomic mass is 32.1. The van der Waals surface area contributed by atoms with E-state index in [1.165, 1.54) is 17.6 Å². The molecule has 1 fully saturated rings. The van der Waals surface area contributed by atoms with Gasteiger partial charge in [0.2, 0.25) is 17.7 Å². The Morgan fingerprint density at radius 1 is 1.27 bits per heavy atom. The molecule has 134 valence electrons. The Labute approximate surface area is 153 Å². The molecule has 2 aromatic rings. The molecule has 0 spiro atoms. The maximum Gasteiger partial charge on any atom is 0.326 e. The Morgan fingerprint density at radius 2 is 2.00 bits per heavy atom. The van der Waals surface area contributed by atoms with Crippen molar-refractivity contribution >= 4 is 29.1 Å². The number of allylic oxidation sites excluding steroid dienone is 2. The molecule has 26 heavy (non-hydrogen) atoms. The van der Waals surface area contributed by atoms with Crippen LogP contribution in [0.4, 0.5) is 0 Å². The standard InChI is InChI=1S/C18H16N2O5S/c21-15(8-20-17(22)12-4-1-2-5-13(12)18(20)23)24-9-11-10-25-16(19-11)14-6-3-7-26-14/h1-3,6-7,10,12-13H,4-5,8-9H2. The summed E-state index contributed by atoms with van der Waals surface area (Å²) in [6, 6.07) is 3.77. The van der Waals surface area contributed by atoms with Gasteiger partial charge in [0.25, 0.3) is 0 Å². The summed E-state index contributed by atoms with van der Waals surface area (Å²) in [4.78, 5) is 42.9. The molecule has 0 aromatic carbocycles. The molecule has 2 aromatic heterocycles. The molecule has 0 bridgehead atoms. The molecule has 1 aliphatic carbocycles. The van der Waals surface area contributed by atoms with Crippen molar-refractivity contribution in [3.8, 4) is 10.8 Å². The summed E-state index contributed by atoms with van der Waals surface area (Å²) >= 11 is 1.49. The van der Waals surface area contributed by atoms with Crippen molar-refractivity contribution in [1.82, 2.24) is 9.88 Å². The number of esters is 1. The molecular weight excluding hydrogens is 356 g/mol. The highest BCUT2D eigenvalue weighted by molar-refractivity contribution is 7.13. The zero-order chi connectivity index (χ0) is 18.1. The van der Waals surface area contributed by atoms with E-state index in [1.807, 2.05) is 29.7 Å². The van der Waals surface area contributed by atoms with Gasteiger partial charge in [-0.25, -0.2) is 4.98 Å². The molecule has 2 unspecified atom stereocenters. The van der Waals surface area contributed by atoms with Crippen molar-refractivity contribution in [2.24, 2.45) is 11.8 Å². The van der Waals surface area contributed by atoms with Crippen LogP contribution in [0.1, 0.15) is 18.5 Å². The number of rotatable bonds is 5. The summed E-state index contributed by atoms with van der Waals surface area (Å²) in [5.74, 6) is -1.44. The molecule has 2 atom stereocenters. The molecule has 3 heterocycles. The van der Waals surface area contributed by atoms with Crippen molar-refractivity contribution in [2.75, 3.05) is 6.54 Å². The normalized spacial score (nSPS) is 21.9. The van der Waals surface area contributed by atoms with Gasteiger partial charge in [0.05, 0.1) is 16.7 Å². The zero-order valence-corrected chi connectivity index (χ0v) is 14.6. The van der Waals surface area contributed by atoms with Gasteiger partial charge in [0, 0.05) is 0 Å². The van der Waals surface area contributed by atoms with E-state index in [2.05, 4.69) is 4.98 Å². The summed E-state index contributed by atoms with van der Waals surface area (Å²) in [7, 11) is 0. The van der Waals surface area contributed by atoms with Crippen LogP contribution >= 0.6 is 11.3 Å². The van der Waals surface area contributed by atoms with Crippen molar-refractivity contribution in [3.63, 3.8) is 0 Å². The highest BCUT2D eigenvalue weighted by Crippen LogP contribution is 2.34. The number of aromatic nitrogens is 1. The van der Waals surface area contributed by atoms with Crippen LogP contribution in [0.5, 0.6) is 0 Å². The van der Waals surface area contributed by atoms with E-state index < -0.39 is 5.97 Å². The first-order valence-electron chi connectivity index (χ1n) is 8.27. The average molecular weight is 372 g/mol. The van der Waals surface area contributed by atoms with Gasteiger partial charge in [-0.15, -0.1) is 11.3 Å². The van der Waals surface area contributed by atoms with Gasteiger partial charge in [-0.2, -0.15) is 0 Å². The Hall–Kier alpha value is -2.74. The lowest BCUT2D eigenvalue weighted by molar-refractivity contribution is -0.153. The van der Waals surface area contributed by atoms with E-state index in [-0.39, 0.29) is 36.8 Å². The van der Waals surface area contributed by atoms with Crippen LogP contribution in [0, 0.1) is 11.8 Å². The van der Waals surface area contributed by atoms with Crippen LogP contribution in [-0.4, -0.2) is 34.2 Å². The SMILES string of the molecule is O=C(CN1C(=O)C2CC=CCC2C1=O)OCc1coc(-c2cccs2)n1. The van der Waals surface area contributed by atoms with Crippen molar-refractivity contribution in [1.29, 1.82) is 0 Å². The van der Waals surface area contributed by atoms with Crippen LogP contribution in [0.25, 0.3) is 10.8 Å². The van der Waals surface area contributed by atoms with E-state index in [0.717, 1.165) is 9.78 Å². The lowest BCUT2D eigenvalue weighted by Crippen LogP contribution is -2.36. The average Bonchev–Trinajstić information content (AvgIpc) is 3.38. The Balaban J connectivity index is 1.33. The summed E-state index contributed by atoms with van der Waals surface area (Å²) in [5, 5.41) is 1.91. The highest BCUT2D eigenvalue weighted by Gasteiger charge is 2.47. The van der Waals surface area contributed by atoms with Gasteiger partial charge in [-0.1, -0.05) is 18.2 Å². The number of thiophene rings is 1. The van der Waals surface area contributed by atoms with E-state index in [1.54, 1.807) is 0 Å². The van der Waals surface area contributed by atoms with Crippen molar-refractivity contribution in [2.45, 2.75) is 19.4 Å². The number of amides is 2. The summed E-state index contributed by atoms with van der Waals surface area (Å²) in [6.45, 7) is -0.432. The van der Waals surface area contributed by atoms with Crippen LogP contribution in [0.3, 0.4) is 0 Å². The zero-order valence-electron chi connectivity index (χ0n) is 13.8. The minimum atomic E-state index is -0.640. The quantitative estimate of drug-likeness (QED) is 0.455. The van der Waals surface area contributed by atoms with Crippen LogP contribution in [0.2, 0.25) is 0 Å². The van der Waals surface area contributed by atoms with Crippen LogP contribution in [0.15, 0.2) is 40.3 Å². The number of fused-ring (bicyclic) bond motifs is 1. The predicted octanol–water partition coefficient (Wildman–Crippen LogP) is 2.40. The van der Waals surface area contributed by atoms with E-state index in [9.17, 15) is 14.4 Å². The third kappa shape index (κ3) is 3.08. The second-order valence-corrected chi connectivity index (χ2v) is 7.15. The Kier molecular flexibility index (Phi) is 4.42. The monoisotopic (exact) mass is 372 g/mol. The summed E-state index contributed by atoms with van der Waals surface area (Å²) < 4.78 is 10.5. The van der Waals surface area contributed by atoms with E-state index in [0.29, 0.717) is 24.4 Å². The summed E-state index contributed by atoms with van der Waals surface area (Å²) in [6.07, 6.45) is 6.33. The molecule has 1 aliphatic heterocycles. The number of nitrogens with zero attached hydrogens (tertiary/aromatic N) is 2. The predicted molar refractivity (Wildman–Crippen MR) is 91.7 cm³/mol. The fourth-order valence-corrected chi connectivity index (χ4v) is 3.90. The first-order valence-corrected chi connectivity index (χ1v) is 9.15. The topological polar surface area (TPSA) is 89.7 Å². The Bertz CT molecular complexity index is 844. The van der Waals surface area contributed by atoms with Gasteiger partial charge in [-0.3, -0.25) is 19.3 Å². The molecule has 2 amide bonds. The molecule has 4 rings (SSSR count). The number of hydrogen-bond acceptors (Lipinski definition) is 7. The van der Waals surface area contributed by atoms with Crippen molar-refractivity contribution < 1.29 is 23.5 Å². The third-order valence-corrected chi connectivity index (χ3v) is 5.41. The number of hydrogen-bond donors (Lipinski definition) is 0. The number of likely N-dealkylation sites (tertiary alicyclic amines) is 1.